The van der Waals surface area contributed by atoms with Crippen LogP contribution in [0.3, 0.4) is 0 Å². The van der Waals surface area contributed by atoms with Gasteiger partial charge < -0.3 is 21.1 Å². The minimum atomic E-state index is 0.254. The molecule has 2 fully saturated rings. The van der Waals surface area contributed by atoms with Gasteiger partial charge in [-0.3, -0.25) is 9.58 Å². The Morgan fingerprint density at radius 3 is 2.76 bits per heavy atom. The van der Waals surface area contributed by atoms with Crippen molar-refractivity contribution >= 4 is 22.8 Å². The molecular formula is C24H34N8O. The molecule has 3 aromatic rings. The second kappa shape index (κ2) is 9.52. The molecule has 2 aromatic heterocycles. The number of nitrogens with zero attached hydrogens (tertiary/aromatic N) is 5. The van der Waals surface area contributed by atoms with Crippen LogP contribution in [-0.2, 0) is 13.1 Å². The molecule has 9 nitrogen and oxygen atoms in total. The van der Waals surface area contributed by atoms with E-state index in [1.54, 1.807) is 13.3 Å². The lowest BCUT2D eigenvalue weighted by atomic mass is 10.0. The van der Waals surface area contributed by atoms with Gasteiger partial charge in [-0.2, -0.15) is 10.1 Å². The fraction of sp³-hybridized carbons (Fsp3) is 0.542. The number of nitrogens with one attached hydrogen (secondary N) is 2. The number of likely N-dealkylation sites (tertiary alicyclic amines) is 1. The monoisotopic (exact) mass is 450 g/mol. The van der Waals surface area contributed by atoms with Gasteiger partial charge >= 0.3 is 0 Å². The molecular weight excluding hydrogens is 416 g/mol. The molecule has 0 unspecified atom stereocenters. The van der Waals surface area contributed by atoms with E-state index in [1.807, 2.05) is 4.68 Å². The summed E-state index contributed by atoms with van der Waals surface area (Å²) < 4.78 is 7.70. The Morgan fingerprint density at radius 1 is 1.18 bits per heavy atom. The molecule has 2 atom stereocenters. The first-order valence-corrected chi connectivity index (χ1v) is 12.0. The third kappa shape index (κ3) is 4.60. The van der Waals surface area contributed by atoms with Crippen molar-refractivity contribution in [1.82, 2.24) is 30.0 Å². The van der Waals surface area contributed by atoms with Crippen LogP contribution in [0.25, 0.3) is 11.0 Å². The van der Waals surface area contributed by atoms with Crippen molar-refractivity contribution < 1.29 is 4.74 Å². The van der Waals surface area contributed by atoms with Crippen molar-refractivity contribution in [3.05, 3.63) is 35.5 Å². The highest BCUT2D eigenvalue weighted by atomic mass is 16.5. The van der Waals surface area contributed by atoms with Crippen molar-refractivity contribution in [2.24, 2.45) is 11.8 Å². The number of fused-ring (bicyclic) bond motifs is 2. The van der Waals surface area contributed by atoms with Crippen LogP contribution in [0, 0.1) is 11.8 Å². The van der Waals surface area contributed by atoms with Gasteiger partial charge in [0.1, 0.15) is 16.8 Å². The average Bonchev–Trinajstić information content (AvgIpc) is 3.50. The van der Waals surface area contributed by atoms with Gasteiger partial charge in [0.05, 0.1) is 19.9 Å². The third-order valence-electron chi connectivity index (χ3n) is 6.87. The summed E-state index contributed by atoms with van der Waals surface area (Å²) in [4.78, 5) is 11.4. The van der Waals surface area contributed by atoms with Crippen molar-refractivity contribution in [2.45, 2.75) is 32.9 Å². The van der Waals surface area contributed by atoms with Gasteiger partial charge in [0.25, 0.3) is 0 Å². The lowest BCUT2D eigenvalue weighted by molar-refractivity contribution is 0.305. The smallest absolute Gasteiger partial charge is 0.222 e. The standard InChI is InChI=1S/C24H34N8O/c1-3-4-7-27-23-22-20(29-24(25)30-23)11-28-32(22)15-17-6-5-16(8-21(17)33-2)12-31-13-18-9-26-10-19(18)14-31/h5-6,8,11,18-19,26H,3-4,7,9-10,12-15H2,1-2H3,(H3,25,27,29,30)/t18-,19+. The first-order valence-electron chi connectivity index (χ1n) is 12.0. The Morgan fingerprint density at radius 2 is 2.00 bits per heavy atom. The summed E-state index contributed by atoms with van der Waals surface area (Å²) in [7, 11) is 1.73. The number of unbranched alkanes of at least 4 members (excludes halogenated alkanes) is 1. The van der Waals surface area contributed by atoms with E-state index in [0.29, 0.717) is 6.54 Å². The molecule has 1 aromatic carbocycles. The van der Waals surface area contributed by atoms with Gasteiger partial charge in [-0.15, -0.1) is 0 Å². The van der Waals surface area contributed by atoms with Gasteiger partial charge in [0.2, 0.25) is 5.95 Å². The molecule has 4 heterocycles. The van der Waals surface area contributed by atoms with Gasteiger partial charge in [0, 0.05) is 31.7 Å². The summed E-state index contributed by atoms with van der Waals surface area (Å²) in [5.41, 5.74) is 9.89. The second-order valence-corrected chi connectivity index (χ2v) is 9.27. The van der Waals surface area contributed by atoms with Gasteiger partial charge in [-0.1, -0.05) is 25.5 Å². The number of hydrogen-bond acceptors (Lipinski definition) is 8. The molecule has 9 heteroatoms. The lowest BCUT2D eigenvalue weighted by Crippen LogP contribution is -2.25. The van der Waals surface area contributed by atoms with E-state index in [9.17, 15) is 0 Å². The van der Waals surface area contributed by atoms with Crippen LogP contribution in [0.15, 0.2) is 24.4 Å². The van der Waals surface area contributed by atoms with Gasteiger partial charge in [-0.05, 0) is 43.0 Å². The fourth-order valence-corrected chi connectivity index (χ4v) is 5.16. The molecule has 0 bridgehead atoms. The van der Waals surface area contributed by atoms with Crippen LogP contribution in [0.5, 0.6) is 5.75 Å². The second-order valence-electron chi connectivity index (χ2n) is 9.27. The number of ether oxygens (including phenoxy) is 1. The Kier molecular flexibility index (Phi) is 6.32. The topological polar surface area (TPSA) is 106 Å². The number of anilines is 2. The van der Waals surface area contributed by atoms with E-state index in [1.165, 1.54) is 18.7 Å². The predicted molar refractivity (Wildman–Crippen MR) is 130 cm³/mol. The van der Waals surface area contributed by atoms with Gasteiger partial charge in [-0.25, -0.2) is 4.98 Å². The normalized spacial score (nSPS) is 20.4. The van der Waals surface area contributed by atoms with E-state index in [4.69, 9.17) is 10.5 Å². The zero-order chi connectivity index (χ0) is 22.8. The minimum absolute atomic E-state index is 0.254. The zero-order valence-electron chi connectivity index (χ0n) is 19.5. The summed E-state index contributed by atoms with van der Waals surface area (Å²) in [6.07, 6.45) is 3.91. The number of benzene rings is 1. The quantitative estimate of drug-likeness (QED) is 0.427. The number of nitrogens with two attached hydrogens (primary N) is 1. The number of nitrogen functional groups attached to an aromatic ring is 1. The fourth-order valence-electron chi connectivity index (χ4n) is 5.16. The maximum atomic E-state index is 5.92. The summed E-state index contributed by atoms with van der Waals surface area (Å²) >= 11 is 0. The Balaban J connectivity index is 1.35. The summed E-state index contributed by atoms with van der Waals surface area (Å²) in [5, 5.41) is 11.5. The number of rotatable bonds is 9. The van der Waals surface area contributed by atoms with Crippen LogP contribution >= 0.6 is 0 Å². The zero-order valence-corrected chi connectivity index (χ0v) is 19.5. The van der Waals surface area contributed by atoms with Crippen molar-refractivity contribution in [1.29, 1.82) is 0 Å². The molecule has 33 heavy (non-hydrogen) atoms. The molecule has 0 spiro atoms. The molecule has 0 amide bonds. The largest absolute Gasteiger partial charge is 0.496 e. The Bertz CT molecular complexity index is 1100. The van der Waals surface area contributed by atoms with Gasteiger partial charge in [0.15, 0.2) is 5.82 Å². The maximum absolute atomic E-state index is 5.92. The van der Waals surface area contributed by atoms with E-state index >= 15 is 0 Å². The van der Waals surface area contributed by atoms with E-state index < -0.39 is 0 Å². The molecule has 5 rings (SSSR count). The average molecular weight is 451 g/mol. The number of aromatic nitrogens is 4. The first-order chi connectivity index (χ1) is 16.1. The highest BCUT2D eigenvalue weighted by Gasteiger charge is 2.35. The summed E-state index contributed by atoms with van der Waals surface area (Å²) in [5.74, 6) is 3.47. The van der Waals surface area contributed by atoms with Crippen LogP contribution in [0.1, 0.15) is 30.9 Å². The van der Waals surface area contributed by atoms with Crippen LogP contribution in [0.4, 0.5) is 11.8 Å². The maximum Gasteiger partial charge on any atom is 0.222 e. The highest BCUT2D eigenvalue weighted by molar-refractivity contribution is 5.86. The molecule has 2 aliphatic heterocycles. The minimum Gasteiger partial charge on any atom is -0.496 e. The third-order valence-corrected chi connectivity index (χ3v) is 6.87. The van der Waals surface area contributed by atoms with E-state index in [2.05, 4.69) is 55.7 Å². The molecule has 0 saturated carbocycles. The Hall–Kier alpha value is -2.91. The summed E-state index contributed by atoms with van der Waals surface area (Å²) in [6.45, 7) is 9.21. The SMILES string of the molecule is CCCCNc1nc(N)nc2cnn(Cc3ccc(CN4C[C@H]5CNC[C@H]5C4)cc3OC)c12. The molecule has 0 radical (unpaired) electrons. The predicted octanol–water partition coefficient (Wildman–Crippen LogP) is 2.33. The van der Waals surface area contributed by atoms with Crippen molar-refractivity contribution in [3.8, 4) is 5.75 Å². The van der Waals surface area contributed by atoms with E-state index in [-0.39, 0.29) is 5.95 Å². The van der Waals surface area contributed by atoms with Crippen molar-refractivity contribution in [3.63, 3.8) is 0 Å². The molecule has 0 aliphatic carbocycles. The van der Waals surface area contributed by atoms with Crippen LogP contribution in [0.2, 0.25) is 0 Å². The van der Waals surface area contributed by atoms with E-state index in [0.717, 1.165) is 79.0 Å². The Labute approximate surface area is 194 Å². The molecule has 2 saturated heterocycles. The number of hydrogen-bond donors (Lipinski definition) is 3. The summed E-state index contributed by atoms with van der Waals surface area (Å²) in [6, 6.07) is 6.54. The first kappa shape index (κ1) is 21.9. The molecule has 2 aliphatic rings. The molecule has 176 valence electrons. The van der Waals surface area contributed by atoms with Crippen LogP contribution in [-0.4, -0.2) is 64.5 Å². The van der Waals surface area contributed by atoms with Crippen LogP contribution < -0.4 is 21.1 Å². The number of methoxy groups -OCH3 is 1. The van der Waals surface area contributed by atoms with Crippen molar-refractivity contribution in [2.75, 3.05) is 50.9 Å². The lowest BCUT2D eigenvalue weighted by Gasteiger charge is -2.18. The molecule has 4 N–H and O–H groups in total. The highest BCUT2D eigenvalue weighted by Crippen LogP contribution is 2.30.